The minimum Gasteiger partial charge on any atom is -0.486 e. The Morgan fingerprint density at radius 1 is 1.33 bits per heavy atom. The second-order valence-corrected chi connectivity index (χ2v) is 6.45. The number of hydrogen-bond acceptors (Lipinski definition) is 4. The van der Waals surface area contributed by atoms with Crippen molar-refractivity contribution in [1.29, 1.82) is 0 Å². The summed E-state index contributed by atoms with van der Waals surface area (Å²) in [5, 5.41) is 4.37. The number of benzene rings is 1. The summed E-state index contributed by atoms with van der Waals surface area (Å²) in [6, 6.07) is 8.50. The summed E-state index contributed by atoms with van der Waals surface area (Å²) >= 11 is 2.05. The van der Waals surface area contributed by atoms with Crippen molar-refractivity contribution in [3.05, 3.63) is 24.3 Å². The van der Waals surface area contributed by atoms with Crippen LogP contribution in [0.2, 0.25) is 0 Å². The molecule has 3 rings (SSSR count). The van der Waals surface area contributed by atoms with Crippen molar-refractivity contribution in [2.24, 2.45) is 0 Å². The molecule has 0 amide bonds. The van der Waals surface area contributed by atoms with E-state index in [2.05, 4.69) is 12.2 Å². The third kappa shape index (κ3) is 2.75. The fraction of sp³-hybridized carbons (Fsp3) is 0.571. The van der Waals surface area contributed by atoms with Gasteiger partial charge in [-0.25, -0.2) is 0 Å². The highest BCUT2D eigenvalue weighted by molar-refractivity contribution is 8.00. The van der Waals surface area contributed by atoms with Gasteiger partial charge in [-0.2, -0.15) is 11.8 Å². The SMILES string of the molecule is CC1CC(NCC2COc3ccccc3O2)CS1. The van der Waals surface area contributed by atoms with Crippen LogP contribution >= 0.6 is 11.8 Å². The molecule has 1 N–H and O–H groups in total. The monoisotopic (exact) mass is 265 g/mol. The van der Waals surface area contributed by atoms with Crippen molar-refractivity contribution >= 4 is 11.8 Å². The predicted molar refractivity (Wildman–Crippen MR) is 74.7 cm³/mol. The highest BCUT2D eigenvalue weighted by atomic mass is 32.2. The van der Waals surface area contributed by atoms with Gasteiger partial charge in [0.2, 0.25) is 0 Å². The molecule has 18 heavy (non-hydrogen) atoms. The Balaban J connectivity index is 1.51. The number of thioether (sulfide) groups is 1. The molecular weight excluding hydrogens is 246 g/mol. The number of fused-ring (bicyclic) bond motifs is 1. The van der Waals surface area contributed by atoms with E-state index in [1.807, 2.05) is 36.0 Å². The summed E-state index contributed by atoms with van der Waals surface area (Å²) in [6.07, 6.45) is 1.38. The first-order valence-corrected chi connectivity index (χ1v) is 7.59. The van der Waals surface area contributed by atoms with Gasteiger partial charge in [0.05, 0.1) is 0 Å². The van der Waals surface area contributed by atoms with Crippen LogP contribution in [-0.4, -0.2) is 36.3 Å². The highest BCUT2D eigenvalue weighted by Crippen LogP contribution is 2.31. The second-order valence-electron chi connectivity index (χ2n) is 4.98. The zero-order chi connectivity index (χ0) is 12.4. The molecule has 1 aromatic carbocycles. The van der Waals surface area contributed by atoms with Gasteiger partial charge in [-0.1, -0.05) is 19.1 Å². The first-order chi connectivity index (χ1) is 8.81. The van der Waals surface area contributed by atoms with Crippen LogP contribution in [0.4, 0.5) is 0 Å². The molecule has 3 unspecified atom stereocenters. The summed E-state index contributed by atoms with van der Waals surface area (Å²) < 4.78 is 11.6. The summed E-state index contributed by atoms with van der Waals surface area (Å²) in [7, 11) is 0. The fourth-order valence-electron chi connectivity index (χ4n) is 2.42. The van der Waals surface area contributed by atoms with Crippen LogP contribution in [0.1, 0.15) is 13.3 Å². The number of para-hydroxylation sites is 2. The van der Waals surface area contributed by atoms with E-state index in [1.54, 1.807) is 0 Å². The lowest BCUT2D eigenvalue weighted by Gasteiger charge is -2.27. The molecule has 3 nitrogen and oxygen atoms in total. The first-order valence-electron chi connectivity index (χ1n) is 6.55. The Morgan fingerprint density at radius 3 is 2.94 bits per heavy atom. The minimum absolute atomic E-state index is 0.126. The Labute approximate surface area is 112 Å². The van der Waals surface area contributed by atoms with Crippen molar-refractivity contribution in [2.45, 2.75) is 30.7 Å². The van der Waals surface area contributed by atoms with E-state index < -0.39 is 0 Å². The summed E-state index contributed by atoms with van der Waals surface area (Å²) in [6.45, 7) is 3.80. The molecule has 0 bridgehead atoms. The van der Waals surface area contributed by atoms with Gasteiger partial charge in [0.15, 0.2) is 11.5 Å². The maximum Gasteiger partial charge on any atom is 0.161 e. The Kier molecular flexibility index (Phi) is 3.66. The zero-order valence-electron chi connectivity index (χ0n) is 10.6. The molecule has 0 spiro atoms. The number of rotatable bonds is 3. The second kappa shape index (κ2) is 5.41. The van der Waals surface area contributed by atoms with Crippen molar-refractivity contribution in [3.63, 3.8) is 0 Å². The van der Waals surface area contributed by atoms with Crippen LogP contribution in [0.3, 0.4) is 0 Å². The predicted octanol–water partition coefficient (Wildman–Crippen LogP) is 2.31. The Morgan fingerprint density at radius 2 is 2.17 bits per heavy atom. The molecule has 0 radical (unpaired) electrons. The minimum atomic E-state index is 0.126. The largest absolute Gasteiger partial charge is 0.486 e. The molecule has 2 aliphatic rings. The van der Waals surface area contributed by atoms with Gasteiger partial charge in [0, 0.05) is 23.6 Å². The van der Waals surface area contributed by atoms with E-state index in [-0.39, 0.29) is 6.10 Å². The van der Waals surface area contributed by atoms with Crippen molar-refractivity contribution in [1.82, 2.24) is 5.32 Å². The number of hydrogen-bond donors (Lipinski definition) is 1. The smallest absolute Gasteiger partial charge is 0.161 e. The number of nitrogens with one attached hydrogen (secondary N) is 1. The van der Waals surface area contributed by atoms with Gasteiger partial charge in [-0.05, 0) is 18.6 Å². The first kappa shape index (κ1) is 12.2. The standard InChI is InChI=1S/C14H19NO2S/c1-10-6-11(9-18-10)15-7-12-8-16-13-4-2-3-5-14(13)17-12/h2-5,10-12,15H,6-9H2,1H3. The molecule has 0 aromatic heterocycles. The fourth-order valence-corrected chi connectivity index (χ4v) is 3.60. The lowest BCUT2D eigenvalue weighted by molar-refractivity contribution is 0.0887. The van der Waals surface area contributed by atoms with Crippen molar-refractivity contribution < 1.29 is 9.47 Å². The third-order valence-electron chi connectivity index (χ3n) is 3.40. The summed E-state index contributed by atoms with van der Waals surface area (Å²) in [5.74, 6) is 2.94. The van der Waals surface area contributed by atoms with Gasteiger partial charge < -0.3 is 14.8 Å². The Bertz CT molecular complexity index is 413. The lowest BCUT2D eigenvalue weighted by atomic mass is 10.2. The van der Waals surface area contributed by atoms with Gasteiger partial charge in [-0.3, -0.25) is 0 Å². The van der Waals surface area contributed by atoms with Gasteiger partial charge in [0.25, 0.3) is 0 Å². The van der Waals surface area contributed by atoms with Gasteiger partial charge in [-0.15, -0.1) is 0 Å². The average Bonchev–Trinajstić information content (AvgIpc) is 2.82. The van der Waals surface area contributed by atoms with E-state index in [1.165, 1.54) is 12.2 Å². The lowest BCUT2D eigenvalue weighted by Crippen LogP contribution is -2.42. The van der Waals surface area contributed by atoms with Crippen LogP contribution in [0.5, 0.6) is 11.5 Å². The topological polar surface area (TPSA) is 30.5 Å². The third-order valence-corrected chi connectivity index (χ3v) is 4.76. The van der Waals surface area contributed by atoms with Gasteiger partial charge in [0.1, 0.15) is 12.7 Å². The van der Waals surface area contributed by atoms with Crippen molar-refractivity contribution in [2.75, 3.05) is 18.9 Å². The molecule has 2 aliphatic heterocycles. The molecule has 2 heterocycles. The van der Waals surface area contributed by atoms with E-state index in [0.717, 1.165) is 23.3 Å². The molecule has 98 valence electrons. The van der Waals surface area contributed by atoms with E-state index in [9.17, 15) is 0 Å². The molecule has 0 saturated carbocycles. The molecule has 1 saturated heterocycles. The van der Waals surface area contributed by atoms with Crippen LogP contribution in [-0.2, 0) is 0 Å². The van der Waals surface area contributed by atoms with Crippen LogP contribution in [0.15, 0.2) is 24.3 Å². The van der Waals surface area contributed by atoms with Crippen LogP contribution < -0.4 is 14.8 Å². The summed E-state index contributed by atoms with van der Waals surface area (Å²) in [4.78, 5) is 0. The van der Waals surface area contributed by atoms with E-state index >= 15 is 0 Å². The van der Waals surface area contributed by atoms with Crippen LogP contribution in [0.25, 0.3) is 0 Å². The van der Waals surface area contributed by atoms with E-state index in [0.29, 0.717) is 12.6 Å². The molecule has 3 atom stereocenters. The summed E-state index contributed by atoms with van der Waals surface area (Å²) in [5.41, 5.74) is 0. The van der Waals surface area contributed by atoms with Crippen molar-refractivity contribution in [3.8, 4) is 11.5 Å². The molecular formula is C14H19NO2S. The van der Waals surface area contributed by atoms with Crippen LogP contribution in [0, 0.1) is 0 Å². The zero-order valence-corrected chi connectivity index (χ0v) is 11.4. The number of ether oxygens (including phenoxy) is 2. The van der Waals surface area contributed by atoms with Gasteiger partial charge >= 0.3 is 0 Å². The molecule has 4 heteroatoms. The van der Waals surface area contributed by atoms with E-state index in [4.69, 9.17) is 9.47 Å². The molecule has 0 aliphatic carbocycles. The molecule has 1 fully saturated rings. The molecule has 1 aromatic rings. The maximum absolute atomic E-state index is 5.92. The average molecular weight is 265 g/mol. The Hall–Kier alpha value is -0.870. The highest BCUT2D eigenvalue weighted by Gasteiger charge is 2.25. The maximum atomic E-state index is 5.92. The normalized spacial score (nSPS) is 30.4. The quantitative estimate of drug-likeness (QED) is 0.908.